The molecule has 6 heteroatoms. The van der Waals surface area contributed by atoms with Crippen molar-refractivity contribution in [1.29, 1.82) is 0 Å². The highest BCUT2D eigenvalue weighted by Gasteiger charge is 2.22. The zero-order valence-corrected chi connectivity index (χ0v) is 14.6. The summed E-state index contributed by atoms with van der Waals surface area (Å²) in [6.07, 6.45) is 2.94. The Morgan fingerprint density at radius 2 is 1.92 bits per heavy atom. The van der Waals surface area contributed by atoms with E-state index < -0.39 is 17.9 Å². The van der Waals surface area contributed by atoms with Crippen LogP contribution in [0.5, 0.6) is 0 Å². The molecule has 0 saturated carbocycles. The number of amides is 1. The Bertz CT molecular complexity index is 761. The molecule has 2 aromatic rings. The van der Waals surface area contributed by atoms with Crippen LogP contribution in [0.2, 0.25) is 0 Å². The topological polar surface area (TPSA) is 83.5 Å². The Kier molecular flexibility index (Phi) is 6.77. The first-order chi connectivity index (χ1) is 12.1. The van der Waals surface area contributed by atoms with E-state index in [4.69, 9.17) is 0 Å². The standard InChI is InChI=1S/C19H19NO4S/c1-25-10-9-17(19(23)24)20-18(22)15-8-7-13(12-21)11-16(15)14-5-3-2-4-6-14/h2-8,11-12,17H,9-10H2,1H3,(H,20,22)(H,23,24)/t17-/m0/s1. The minimum Gasteiger partial charge on any atom is -0.480 e. The summed E-state index contributed by atoms with van der Waals surface area (Å²) in [5, 5.41) is 11.9. The molecule has 0 saturated heterocycles. The van der Waals surface area contributed by atoms with Crippen LogP contribution in [0.15, 0.2) is 48.5 Å². The number of carbonyl (C=O) groups excluding carboxylic acids is 2. The van der Waals surface area contributed by atoms with Gasteiger partial charge < -0.3 is 10.4 Å². The quantitative estimate of drug-likeness (QED) is 0.709. The minimum atomic E-state index is -1.06. The van der Waals surface area contributed by atoms with Crippen molar-refractivity contribution in [3.05, 3.63) is 59.7 Å². The normalized spacial score (nSPS) is 11.6. The lowest BCUT2D eigenvalue weighted by molar-refractivity contribution is -0.139. The number of hydrogen-bond acceptors (Lipinski definition) is 4. The van der Waals surface area contributed by atoms with Gasteiger partial charge in [-0.1, -0.05) is 36.4 Å². The minimum absolute atomic E-state index is 0.340. The first-order valence-electron chi connectivity index (χ1n) is 7.74. The van der Waals surface area contributed by atoms with Crippen molar-refractivity contribution >= 4 is 29.9 Å². The number of aldehydes is 1. The summed E-state index contributed by atoms with van der Waals surface area (Å²) in [4.78, 5) is 35.1. The van der Waals surface area contributed by atoms with E-state index in [2.05, 4.69) is 5.32 Å². The van der Waals surface area contributed by atoms with E-state index in [1.165, 1.54) is 11.8 Å². The first-order valence-corrected chi connectivity index (χ1v) is 9.13. The zero-order chi connectivity index (χ0) is 18.2. The molecule has 0 fully saturated rings. The molecular weight excluding hydrogens is 338 g/mol. The van der Waals surface area contributed by atoms with E-state index >= 15 is 0 Å². The summed E-state index contributed by atoms with van der Waals surface area (Å²) in [6.45, 7) is 0. The van der Waals surface area contributed by atoms with Crippen LogP contribution >= 0.6 is 11.8 Å². The third kappa shape index (κ3) is 4.93. The maximum Gasteiger partial charge on any atom is 0.326 e. The molecule has 0 bridgehead atoms. The summed E-state index contributed by atoms with van der Waals surface area (Å²) in [5.41, 5.74) is 2.17. The van der Waals surface area contributed by atoms with Gasteiger partial charge in [-0.3, -0.25) is 9.59 Å². The lowest BCUT2D eigenvalue weighted by Crippen LogP contribution is -2.41. The van der Waals surface area contributed by atoms with Gasteiger partial charge in [0.2, 0.25) is 0 Å². The average molecular weight is 357 g/mol. The Balaban J connectivity index is 2.35. The van der Waals surface area contributed by atoms with Gasteiger partial charge in [0.15, 0.2) is 0 Å². The van der Waals surface area contributed by atoms with Crippen molar-refractivity contribution in [2.75, 3.05) is 12.0 Å². The zero-order valence-electron chi connectivity index (χ0n) is 13.8. The van der Waals surface area contributed by atoms with Crippen molar-refractivity contribution in [3.63, 3.8) is 0 Å². The van der Waals surface area contributed by atoms with Gasteiger partial charge in [0.05, 0.1) is 0 Å². The predicted molar refractivity (Wildman–Crippen MR) is 99.2 cm³/mol. The van der Waals surface area contributed by atoms with Gasteiger partial charge in [-0.2, -0.15) is 11.8 Å². The molecule has 0 aromatic heterocycles. The fourth-order valence-electron chi connectivity index (χ4n) is 2.42. The van der Waals surface area contributed by atoms with E-state index in [1.807, 2.05) is 36.6 Å². The second kappa shape index (κ2) is 9.03. The molecule has 0 spiro atoms. The van der Waals surface area contributed by atoms with Crippen molar-refractivity contribution in [1.82, 2.24) is 5.32 Å². The summed E-state index contributed by atoms with van der Waals surface area (Å²) >= 11 is 1.52. The van der Waals surface area contributed by atoms with Crippen molar-refractivity contribution in [2.45, 2.75) is 12.5 Å². The van der Waals surface area contributed by atoms with E-state index in [1.54, 1.807) is 18.2 Å². The Labute approximate surface area is 150 Å². The molecule has 1 atom stereocenters. The molecule has 25 heavy (non-hydrogen) atoms. The largest absolute Gasteiger partial charge is 0.480 e. The molecule has 2 aromatic carbocycles. The van der Waals surface area contributed by atoms with Crippen LogP contribution in [0.25, 0.3) is 11.1 Å². The van der Waals surface area contributed by atoms with Crippen LogP contribution in [0.4, 0.5) is 0 Å². The second-order valence-electron chi connectivity index (χ2n) is 5.43. The molecule has 0 unspecified atom stereocenters. The van der Waals surface area contributed by atoms with Gasteiger partial charge in [-0.25, -0.2) is 4.79 Å². The number of carboxylic acids is 1. The van der Waals surface area contributed by atoms with E-state index in [0.717, 1.165) is 5.56 Å². The highest BCUT2D eigenvalue weighted by atomic mass is 32.2. The molecule has 0 aliphatic heterocycles. The predicted octanol–water partition coefficient (Wildman–Crippen LogP) is 3.10. The monoisotopic (exact) mass is 357 g/mol. The number of nitrogens with one attached hydrogen (secondary N) is 1. The number of carboxylic acid groups (broad SMARTS) is 1. The van der Waals surface area contributed by atoms with Gasteiger partial charge in [0.25, 0.3) is 5.91 Å². The van der Waals surface area contributed by atoms with Crippen LogP contribution < -0.4 is 5.32 Å². The van der Waals surface area contributed by atoms with Gasteiger partial charge in [-0.15, -0.1) is 0 Å². The molecular formula is C19H19NO4S. The van der Waals surface area contributed by atoms with Crippen LogP contribution in [-0.2, 0) is 4.79 Å². The van der Waals surface area contributed by atoms with Crippen molar-refractivity contribution in [2.24, 2.45) is 0 Å². The number of carbonyl (C=O) groups is 3. The molecule has 130 valence electrons. The molecule has 0 heterocycles. The number of benzene rings is 2. The van der Waals surface area contributed by atoms with Gasteiger partial charge in [0, 0.05) is 11.1 Å². The molecule has 0 aliphatic rings. The fraction of sp³-hybridized carbons (Fsp3) is 0.211. The lowest BCUT2D eigenvalue weighted by Gasteiger charge is -2.16. The van der Waals surface area contributed by atoms with E-state index in [9.17, 15) is 19.5 Å². The van der Waals surface area contributed by atoms with E-state index in [-0.39, 0.29) is 0 Å². The molecule has 2 rings (SSSR count). The highest BCUT2D eigenvalue weighted by molar-refractivity contribution is 7.98. The third-order valence-corrected chi connectivity index (χ3v) is 4.37. The number of aliphatic carboxylic acids is 1. The summed E-state index contributed by atoms with van der Waals surface area (Å²) in [5.74, 6) is -0.898. The Hall–Kier alpha value is -2.60. The molecule has 0 radical (unpaired) electrons. The Morgan fingerprint density at radius 3 is 2.52 bits per heavy atom. The third-order valence-electron chi connectivity index (χ3n) is 3.72. The molecule has 0 aliphatic carbocycles. The van der Waals surface area contributed by atoms with Crippen molar-refractivity contribution < 1.29 is 19.5 Å². The van der Waals surface area contributed by atoms with Gasteiger partial charge >= 0.3 is 5.97 Å². The fourth-order valence-corrected chi connectivity index (χ4v) is 2.89. The first kappa shape index (κ1) is 18.7. The maximum absolute atomic E-state index is 12.6. The smallest absolute Gasteiger partial charge is 0.326 e. The molecule has 5 nitrogen and oxygen atoms in total. The average Bonchev–Trinajstić information content (AvgIpc) is 2.64. The number of thioether (sulfide) groups is 1. The van der Waals surface area contributed by atoms with Gasteiger partial charge in [-0.05, 0) is 41.7 Å². The summed E-state index contributed by atoms with van der Waals surface area (Å²) < 4.78 is 0. The Morgan fingerprint density at radius 1 is 1.20 bits per heavy atom. The van der Waals surface area contributed by atoms with Crippen molar-refractivity contribution in [3.8, 4) is 11.1 Å². The van der Waals surface area contributed by atoms with Crippen LogP contribution in [-0.4, -0.2) is 41.3 Å². The maximum atomic E-state index is 12.6. The molecule has 2 N–H and O–H groups in total. The second-order valence-corrected chi connectivity index (χ2v) is 6.42. The highest BCUT2D eigenvalue weighted by Crippen LogP contribution is 2.25. The SMILES string of the molecule is CSCC[C@H](NC(=O)c1ccc(C=O)cc1-c1ccccc1)C(=O)O. The number of rotatable bonds is 8. The summed E-state index contributed by atoms with van der Waals surface area (Å²) in [6, 6.07) is 13.0. The molecule has 1 amide bonds. The van der Waals surface area contributed by atoms with Crippen LogP contribution in [0.1, 0.15) is 27.1 Å². The lowest BCUT2D eigenvalue weighted by atomic mass is 9.96. The summed E-state index contributed by atoms with van der Waals surface area (Å²) in [7, 11) is 0. The number of hydrogen-bond donors (Lipinski definition) is 2. The van der Waals surface area contributed by atoms with E-state index in [0.29, 0.717) is 35.2 Å². The van der Waals surface area contributed by atoms with Crippen LogP contribution in [0.3, 0.4) is 0 Å². The van der Waals surface area contributed by atoms with Gasteiger partial charge in [0.1, 0.15) is 12.3 Å². The van der Waals surface area contributed by atoms with Crippen LogP contribution in [0, 0.1) is 0 Å².